The maximum absolute atomic E-state index is 12.7. The molecule has 1 saturated heterocycles. The van der Waals surface area contributed by atoms with Gasteiger partial charge in [0.1, 0.15) is 4.90 Å². The number of hydrogen-bond donors (Lipinski definition) is 2. The molecule has 9 nitrogen and oxygen atoms in total. The van der Waals surface area contributed by atoms with E-state index in [9.17, 15) is 18.0 Å². The number of nitrogens with one attached hydrogen (secondary N) is 2. The summed E-state index contributed by atoms with van der Waals surface area (Å²) >= 11 is 0. The highest BCUT2D eigenvalue weighted by molar-refractivity contribution is 7.89. The number of carbonyl (C=O) groups is 2. The highest BCUT2D eigenvalue weighted by Gasteiger charge is 2.30. The fourth-order valence-electron chi connectivity index (χ4n) is 4.20. The molecule has 0 spiro atoms. The van der Waals surface area contributed by atoms with E-state index >= 15 is 0 Å². The van der Waals surface area contributed by atoms with Crippen LogP contribution in [0.25, 0.3) is 0 Å². The molecule has 1 saturated carbocycles. The number of nitrogens with zero attached hydrogens (tertiary/aromatic N) is 3. The van der Waals surface area contributed by atoms with Gasteiger partial charge in [-0.2, -0.15) is 4.31 Å². The fraction of sp³-hybridized carbons (Fsp3) is 0.435. The fourth-order valence-corrected chi connectivity index (χ4v) is 5.59. The van der Waals surface area contributed by atoms with Crippen molar-refractivity contribution < 1.29 is 18.0 Å². The maximum atomic E-state index is 12.7. The summed E-state index contributed by atoms with van der Waals surface area (Å²) in [7, 11) is -3.62. The predicted molar refractivity (Wildman–Crippen MR) is 124 cm³/mol. The number of pyridine rings is 1. The van der Waals surface area contributed by atoms with Crippen LogP contribution in [0, 0.1) is 0 Å². The molecule has 176 valence electrons. The Bertz CT molecular complexity index is 1060. The van der Waals surface area contributed by atoms with Gasteiger partial charge in [0.05, 0.1) is 0 Å². The van der Waals surface area contributed by atoms with E-state index in [1.807, 2.05) is 0 Å². The van der Waals surface area contributed by atoms with Crippen LogP contribution in [0.4, 0.5) is 10.5 Å². The number of sulfonamides is 1. The van der Waals surface area contributed by atoms with Crippen molar-refractivity contribution in [1.29, 1.82) is 0 Å². The molecule has 1 aliphatic carbocycles. The smallest absolute Gasteiger partial charge is 0.321 e. The van der Waals surface area contributed by atoms with Gasteiger partial charge in [0.25, 0.3) is 5.91 Å². The lowest BCUT2D eigenvalue weighted by Gasteiger charge is -2.33. The second-order valence-electron chi connectivity index (χ2n) is 8.40. The van der Waals surface area contributed by atoms with Crippen LogP contribution in [-0.4, -0.2) is 66.8 Å². The zero-order chi connectivity index (χ0) is 23.3. The SMILES string of the molecule is O=C(NC1CCCCC1)c1ccc(NC(=O)N2CCN(S(=O)(=O)c3cccnc3)CC2)cc1. The normalized spacial score (nSPS) is 18.0. The van der Waals surface area contributed by atoms with E-state index in [0.29, 0.717) is 11.3 Å². The van der Waals surface area contributed by atoms with Crippen LogP contribution >= 0.6 is 0 Å². The monoisotopic (exact) mass is 471 g/mol. The average molecular weight is 472 g/mol. The van der Waals surface area contributed by atoms with Crippen LogP contribution in [0.3, 0.4) is 0 Å². The first-order chi connectivity index (χ1) is 15.9. The van der Waals surface area contributed by atoms with E-state index in [0.717, 1.165) is 25.7 Å². The van der Waals surface area contributed by atoms with Gasteiger partial charge in [0.15, 0.2) is 0 Å². The molecule has 2 N–H and O–H groups in total. The summed E-state index contributed by atoms with van der Waals surface area (Å²) in [6, 6.07) is 9.85. The van der Waals surface area contributed by atoms with E-state index in [1.54, 1.807) is 35.2 Å². The van der Waals surface area contributed by atoms with Gasteiger partial charge in [-0.05, 0) is 49.2 Å². The lowest BCUT2D eigenvalue weighted by molar-refractivity contribution is 0.0927. The zero-order valence-electron chi connectivity index (χ0n) is 18.4. The molecule has 1 aromatic heterocycles. The molecule has 1 aliphatic heterocycles. The number of hydrogen-bond acceptors (Lipinski definition) is 5. The molecule has 0 radical (unpaired) electrons. The number of carbonyl (C=O) groups excluding carboxylic acids is 2. The molecule has 0 bridgehead atoms. The van der Waals surface area contributed by atoms with Gasteiger partial charge in [-0.1, -0.05) is 19.3 Å². The van der Waals surface area contributed by atoms with Crippen LogP contribution in [-0.2, 0) is 10.0 Å². The van der Waals surface area contributed by atoms with E-state index in [2.05, 4.69) is 15.6 Å². The van der Waals surface area contributed by atoms with Crippen LogP contribution < -0.4 is 10.6 Å². The van der Waals surface area contributed by atoms with Crippen LogP contribution in [0.5, 0.6) is 0 Å². The van der Waals surface area contributed by atoms with Crippen molar-refractivity contribution in [2.24, 2.45) is 0 Å². The second-order valence-corrected chi connectivity index (χ2v) is 10.3. The summed E-state index contributed by atoms with van der Waals surface area (Å²) in [6.07, 6.45) is 8.44. The van der Waals surface area contributed by atoms with Crippen molar-refractivity contribution in [3.63, 3.8) is 0 Å². The third kappa shape index (κ3) is 5.69. The molecular formula is C23H29N5O4S. The van der Waals surface area contributed by atoms with E-state index < -0.39 is 10.0 Å². The lowest BCUT2D eigenvalue weighted by atomic mass is 9.95. The Morgan fingerprint density at radius 3 is 2.27 bits per heavy atom. The molecule has 0 atom stereocenters. The Morgan fingerprint density at radius 1 is 0.939 bits per heavy atom. The van der Waals surface area contributed by atoms with Gasteiger partial charge in [-0.15, -0.1) is 0 Å². The minimum absolute atomic E-state index is 0.0919. The Kier molecular flexibility index (Phi) is 7.24. The minimum Gasteiger partial charge on any atom is -0.349 e. The Morgan fingerprint density at radius 2 is 1.64 bits per heavy atom. The standard InChI is InChI=1S/C23H29N5O4S/c29-22(25-19-5-2-1-3-6-19)18-8-10-20(11-9-18)26-23(30)27-13-15-28(16-14-27)33(31,32)21-7-4-12-24-17-21/h4,7-12,17,19H,1-3,5-6,13-16H2,(H,25,29)(H,26,30). The van der Waals surface area contributed by atoms with Crippen molar-refractivity contribution in [2.45, 2.75) is 43.0 Å². The number of urea groups is 1. The molecule has 33 heavy (non-hydrogen) atoms. The molecule has 3 amide bonds. The number of aromatic nitrogens is 1. The topological polar surface area (TPSA) is 112 Å². The summed E-state index contributed by atoms with van der Waals surface area (Å²) in [5.41, 5.74) is 1.15. The van der Waals surface area contributed by atoms with Gasteiger partial charge in [-0.25, -0.2) is 13.2 Å². The molecule has 2 fully saturated rings. The molecule has 0 unspecified atom stereocenters. The number of piperazine rings is 1. The van der Waals surface area contributed by atoms with Gasteiger partial charge in [0.2, 0.25) is 10.0 Å². The highest BCUT2D eigenvalue weighted by atomic mass is 32.2. The summed E-state index contributed by atoms with van der Waals surface area (Å²) < 4.78 is 26.8. The minimum atomic E-state index is -3.62. The summed E-state index contributed by atoms with van der Waals surface area (Å²) in [5.74, 6) is -0.0919. The van der Waals surface area contributed by atoms with Crippen molar-refractivity contribution in [1.82, 2.24) is 19.5 Å². The predicted octanol–water partition coefficient (Wildman–Crippen LogP) is 2.68. The van der Waals surface area contributed by atoms with Gasteiger partial charge < -0.3 is 15.5 Å². The van der Waals surface area contributed by atoms with Crippen molar-refractivity contribution in [3.8, 4) is 0 Å². The van der Waals surface area contributed by atoms with E-state index in [-0.39, 0.29) is 49.1 Å². The summed E-state index contributed by atoms with van der Waals surface area (Å²) in [6.45, 7) is 0.996. The molecule has 4 rings (SSSR count). The van der Waals surface area contributed by atoms with E-state index in [4.69, 9.17) is 0 Å². The number of rotatable bonds is 5. The number of amides is 3. The molecule has 2 aliphatic rings. The molecule has 2 heterocycles. The average Bonchev–Trinajstić information content (AvgIpc) is 2.85. The van der Waals surface area contributed by atoms with Crippen LogP contribution in [0.1, 0.15) is 42.5 Å². The summed E-state index contributed by atoms with van der Waals surface area (Å²) in [4.78, 5) is 30.7. The quantitative estimate of drug-likeness (QED) is 0.696. The Balaban J connectivity index is 1.28. The van der Waals surface area contributed by atoms with Gasteiger partial charge >= 0.3 is 6.03 Å². The largest absolute Gasteiger partial charge is 0.349 e. The Labute approximate surface area is 194 Å². The molecular weight excluding hydrogens is 442 g/mol. The van der Waals surface area contributed by atoms with Crippen LogP contribution in [0.15, 0.2) is 53.7 Å². The Hall–Kier alpha value is -2.98. The summed E-state index contributed by atoms with van der Waals surface area (Å²) in [5, 5.41) is 5.90. The molecule has 10 heteroatoms. The third-order valence-corrected chi connectivity index (χ3v) is 8.02. The first-order valence-electron chi connectivity index (χ1n) is 11.3. The highest BCUT2D eigenvalue weighted by Crippen LogP contribution is 2.19. The third-order valence-electron chi connectivity index (χ3n) is 6.14. The molecule has 2 aromatic rings. The van der Waals surface area contributed by atoms with Gasteiger partial charge in [0, 0.05) is 55.9 Å². The van der Waals surface area contributed by atoms with Crippen molar-refractivity contribution in [3.05, 3.63) is 54.4 Å². The van der Waals surface area contributed by atoms with Crippen LogP contribution in [0.2, 0.25) is 0 Å². The van der Waals surface area contributed by atoms with Crippen molar-refractivity contribution >= 4 is 27.6 Å². The first-order valence-corrected chi connectivity index (χ1v) is 12.7. The second kappa shape index (κ2) is 10.3. The lowest BCUT2D eigenvalue weighted by Crippen LogP contribution is -2.51. The van der Waals surface area contributed by atoms with E-state index in [1.165, 1.54) is 29.2 Å². The number of anilines is 1. The number of benzene rings is 1. The van der Waals surface area contributed by atoms with Gasteiger partial charge in [-0.3, -0.25) is 9.78 Å². The van der Waals surface area contributed by atoms with Crippen molar-refractivity contribution in [2.75, 3.05) is 31.5 Å². The first kappa shape index (κ1) is 23.2. The maximum Gasteiger partial charge on any atom is 0.321 e. The molecule has 1 aromatic carbocycles. The zero-order valence-corrected chi connectivity index (χ0v) is 19.3.